The van der Waals surface area contributed by atoms with Gasteiger partial charge in [-0.05, 0) is 32.2 Å². The Morgan fingerprint density at radius 1 is 1.25 bits per heavy atom. The lowest BCUT2D eigenvalue weighted by Crippen LogP contribution is -2.53. The van der Waals surface area contributed by atoms with Crippen molar-refractivity contribution in [2.75, 3.05) is 20.1 Å². The summed E-state index contributed by atoms with van der Waals surface area (Å²) in [6.07, 6.45) is 4.46. The molecule has 5 nitrogen and oxygen atoms in total. The predicted octanol–water partition coefficient (Wildman–Crippen LogP) is 4.24. The van der Waals surface area contributed by atoms with Gasteiger partial charge in [0.05, 0.1) is 6.54 Å². The zero-order chi connectivity index (χ0) is 19.3. The lowest BCUT2D eigenvalue weighted by atomic mass is 9.92. The van der Waals surface area contributed by atoms with Crippen LogP contribution in [0.4, 0.5) is 13.2 Å². The van der Waals surface area contributed by atoms with Crippen LogP contribution < -0.4 is 10.6 Å². The first-order valence-electron chi connectivity index (χ1n) is 9.68. The van der Waals surface area contributed by atoms with Crippen LogP contribution in [0.3, 0.4) is 0 Å². The van der Waals surface area contributed by atoms with Gasteiger partial charge in [-0.1, -0.05) is 19.3 Å². The summed E-state index contributed by atoms with van der Waals surface area (Å²) in [5, 5.41) is 7.98. The number of nitrogens with one attached hydrogen (secondary N) is 2. The van der Waals surface area contributed by atoms with E-state index in [1.54, 1.807) is 7.05 Å². The van der Waals surface area contributed by atoms with E-state index in [0.29, 0.717) is 23.1 Å². The fourth-order valence-corrected chi connectivity index (χ4v) is 4.71. The number of hydrogen-bond donors (Lipinski definition) is 2. The second-order valence-corrected chi connectivity index (χ2v) is 8.26. The minimum atomic E-state index is -4.39. The van der Waals surface area contributed by atoms with E-state index in [4.69, 9.17) is 0 Å². The highest BCUT2D eigenvalue weighted by molar-refractivity contribution is 14.0. The smallest absolute Gasteiger partial charge is 0.352 e. The Bertz CT molecular complexity index is 631. The number of hydrogen-bond acceptors (Lipinski definition) is 4. The SMILES string of the molecule is CN=C(NCc1nc(C(F)(F)F)cs1)NC1CCCN(C2CCCCC2)C1.I. The molecule has 1 aromatic heterocycles. The largest absolute Gasteiger partial charge is 0.434 e. The van der Waals surface area contributed by atoms with E-state index >= 15 is 0 Å². The van der Waals surface area contributed by atoms with Gasteiger partial charge in [0.2, 0.25) is 0 Å². The molecule has 10 heteroatoms. The van der Waals surface area contributed by atoms with Crippen LogP contribution in [-0.4, -0.2) is 48.1 Å². The molecule has 3 rings (SSSR count). The maximum atomic E-state index is 12.6. The first kappa shape index (κ1) is 23.7. The number of halogens is 4. The molecular weight excluding hydrogens is 502 g/mol. The van der Waals surface area contributed by atoms with Crippen LogP contribution in [-0.2, 0) is 12.7 Å². The van der Waals surface area contributed by atoms with Gasteiger partial charge < -0.3 is 10.6 Å². The summed E-state index contributed by atoms with van der Waals surface area (Å²) in [5.74, 6) is 0.620. The Morgan fingerprint density at radius 2 is 2.00 bits per heavy atom. The van der Waals surface area contributed by atoms with E-state index in [1.165, 1.54) is 32.1 Å². The first-order valence-corrected chi connectivity index (χ1v) is 10.6. The van der Waals surface area contributed by atoms with Crippen molar-refractivity contribution in [3.63, 3.8) is 0 Å². The second-order valence-electron chi connectivity index (χ2n) is 7.32. The van der Waals surface area contributed by atoms with Gasteiger partial charge in [-0.2, -0.15) is 13.2 Å². The minimum Gasteiger partial charge on any atom is -0.352 e. The highest BCUT2D eigenvalue weighted by Gasteiger charge is 2.33. The number of piperidine rings is 1. The van der Waals surface area contributed by atoms with E-state index in [2.05, 4.69) is 25.5 Å². The Balaban J connectivity index is 0.00000280. The predicted molar refractivity (Wildman–Crippen MR) is 117 cm³/mol. The molecule has 28 heavy (non-hydrogen) atoms. The van der Waals surface area contributed by atoms with Gasteiger partial charge in [0.1, 0.15) is 5.01 Å². The standard InChI is InChI=1S/C18H28F3N5S.HI/c1-22-17(23-10-16-25-15(12-27-16)18(19,20)21)24-13-6-5-9-26(11-13)14-7-3-2-4-8-14;/h12-14H,2-11H2,1H3,(H2,22,23,24);1H. The third kappa shape index (κ3) is 6.72. The van der Waals surface area contributed by atoms with Gasteiger partial charge in [0.15, 0.2) is 11.7 Å². The summed E-state index contributed by atoms with van der Waals surface area (Å²) in [6, 6.07) is 1.02. The average Bonchev–Trinajstić information content (AvgIpc) is 3.15. The Morgan fingerprint density at radius 3 is 2.64 bits per heavy atom. The van der Waals surface area contributed by atoms with Crippen LogP contribution in [0.5, 0.6) is 0 Å². The molecule has 0 amide bonds. The summed E-state index contributed by atoms with van der Waals surface area (Å²) in [6.45, 7) is 2.40. The van der Waals surface area contributed by atoms with Gasteiger partial charge in [0, 0.05) is 31.1 Å². The molecule has 0 radical (unpaired) electrons. The molecule has 2 heterocycles. The number of likely N-dealkylation sites (tertiary alicyclic amines) is 1. The Hall–Kier alpha value is -0.620. The molecule has 1 saturated carbocycles. The summed E-state index contributed by atoms with van der Waals surface area (Å²) < 4.78 is 37.9. The number of aliphatic imine (C=N–C) groups is 1. The molecule has 1 aromatic rings. The lowest BCUT2D eigenvalue weighted by molar-refractivity contribution is -0.140. The summed E-state index contributed by atoms with van der Waals surface area (Å²) in [5.41, 5.74) is -0.831. The average molecular weight is 531 g/mol. The van der Waals surface area contributed by atoms with Crippen molar-refractivity contribution < 1.29 is 13.2 Å². The van der Waals surface area contributed by atoms with Gasteiger partial charge >= 0.3 is 6.18 Å². The van der Waals surface area contributed by atoms with Crippen molar-refractivity contribution in [3.8, 4) is 0 Å². The van der Waals surface area contributed by atoms with Crippen molar-refractivity contribution in [2.24, 2.45) is 4.99 Å². The quantitative estimate of drug-likeness (QED) is 0.347. The molecule has 1 saturated heterocycles. The van der Waals surface area contributed by atoms with Crippen molar-refractivity contribution in [1.82, 2.24) is 20.5 Å². The Kier molecular flexibility index (Phi) is 9.26. The number of aromatic nitrogens is 1. The number of rotatable bonds is 4. The van der Waals surface area contributed by atoms with E-state index in [1.807, 2.05) is 0 Å². The molecule has 2 N–H and O–H groups in total. The van der Waals surface area contributed by atoms with Crippen molar-refractivity contribution in [2.45, 2.75) is 69.8 Å². The topological polar surface area (TPSA) is 52.6 Å². The second kappa shape index (κ2) is 11.0. The maximum Gasteiger partial charge on any atom is 0.434 e. The third-order valence-corrected chi connectivity index (χ3v) is 6.21. The summed E-state index contributed by atoms with van der Waals surface area (Å²) >= 11 is 1.01. The zero-order valence-corrected chi connectivity index (χ0v) is 19.2. The van der Waals surface area contributed by atoms with Crippen LogP contribution >= 0.6 is 35.3 Å². The van der Waals surface area contributed by atoms with Crippen LogP contribution in [0.2, 0.25) is 0 Å². The molecular formula is C18H29F3IN5S. The van der Waals surface area contributed by atoms with Crippen LogP contribution in [0.15, 0.2) is 10.4 Å². The first-order chi connectivity index (χ1) is 13.0. The van der Waals surface area contributed by atoms with Gasteiger partial charge in [-0.15, -0.1) is 35.3 Å². The van der Waals surface area contributed by atoms with Gasteiger partial charge in [0.25, 0.3) is 0 Å². The van der Waals surface area contributed by atoms with Crippen LogP contribution in [0.25, 0.3) is 0 Å². The van der Waals surface area contributed by atoms with Crippen LogP contribution in [0.1, 0.15) is 55.6 Å². The normalized spacial score (nSPS) is 22.6. The number of nitrogens with zero attached hydrogens (tertiary/aromatic N) is 3. The van der Waals surface area contributed by atoms with E-state index in [0.717, 1.165) is 42.6 Å². The van der Waals surface area contributed by atoms with E-state index in [9.17, 15) is 13.2 Å². The molecule has 1 unspecified atom stereocenters. The third-order valence-electron chi connectivity index (χ3n) is 5.36. The highest BCUT2D eigenvalue weighted by atomic mass is 127. The number of thiazole rings is 1. The van der Waals surface area contributed by atoms with Crippen molar-refractivity contribution in [3.05, 3.63) is 16.1 Å². The molecule has 0 spiro atoms. The molecule has 1 atom stereocenters. The fourth-order valence-electron chi connectivity index (χ4n) is 3.97. The molecule has 0 aromatic carbocycles. The monoisotopic (exact) mass is 531 g/mol. The van der Waals surface area contributed by atoms with Crippen molar-refractivity contribution >= 4 is 41.3 Å². The fraction of sp³-hybridized carbons (Fsp3) is 0.778. The van der Waals surface area contributed by atoms with Gasteiger partial charge in [-0.3, -0.25) is 9.89 Å². The molecule has 1 aliphatic heterocycles. The number of alkyl halides is 3. The van der Waals surface area contributed by atoms with E-state index in [-0.39, 0.29) is 30.5 Å². The Labute approximate surface area is 185 Å². The summed E-state index contributed by atoms with van der Waals surface area (Å²) in [4.78, 5) is 10.5. The molecule has 1 aliphatic carbocycles. The lowest BCUT2D eigenvalue weighted by Gasteiger charge is -2.40. The number of guanidine groups is 1. The van der Waals surface area contributed by atoms with Crippen molar-refractivity contribution in [1.29, 1.82) is 0 Å². The molecule has 160 valence electrons. The zero-order valence-electron chi connectivity index (χ0n) is 16.1. The van der Waals surface area contributed by atoms with Gasteiger partial charge in [-0.25, -0.2) is 4.98 Å². The molecule has 2 aliphatic rings. The summed E-state index contributed by atoms with van der Waals surface area (Å²) in [7, 11) is 1.68. The van der Waals surface area contributed by atoms with E-state index < -0.39 is 11.9 Å². The maximum absolute atomic E-state index is 12.6. The van der Waals surface area contributed by atoms with Crippen LogP contribution in [0, 0.1) is 0 Å². The minimum absolute atomic E-state index is 0. The molecule has 0 bridgehead atoms. The highest BCUT2D eigenvalue weighted by Crippen LogP contribution is 2.30. The molecule has 2 fully saturated rings.